The number of methoxy groups -OCH3 is 1. The summed E-state index contributed by atoms with van der Waals surface area (Å²) in [4.78, 5) is 40.9. The molecule has 5 aromatic heterocycles. The molecule has 0 aliphatic rings. The number of nitrogens with two attached hydrogens (primary N) is 2. The second-order valence-corrected chi connectivity index (χ2v) is 9.85. The molecule has 0 aliphatic carbocycles. The number of ether oxygens (including phenoxy) is 1. The molecule has 5 N–H and O–H groups in total. The Morgan fingerprint density at radius 2 is 1.20 bits per heavy atom. The zero-order chi connectivity index (χ0) is 31.8. The molecule has 0 aliphatic heterocycles. The molecule has 1 unspecified atom stereocenters. The number of fused-ring (bicyclic) bond motifs is 2. The van der Waals surface area contributed by atoms with Gasteiger partial charge in [0.25, 0.3) is 0 Å². The molecule has 1 atom stereocenters. The maximum Gasteiger partial charge on any atom is 0.183 e. The predicted molar refractivity (Wildman–Crippen MR) is 170 cm³/mol. The van der Waals surface area contributed by atoms with Crippen molar-refractivity contribution in [1.82, 2.24) is 49.8 Å². The molecule has 0 saturated heterocycles. The Hall–Kier alpha value is -5.08. The number of nitrogens with zero attached hydrogens (tertiary/aromatic N) is 10. The first-order valence-electron chi connectivity index (χ1n) is 13.1. The standard InChI is InChI=1S/C16H17N5O.C7H5ClN4.C5H7ClN4/c1-10(12-4-6-13(22-3)7-5-12)19-16-14-15(18-9-8-17-14)20-11(2)21-16;1-4-11-6(8)5-7(12-4)10-3-2-9-5;1-2-9-4(6)3(7)5(8)10-2/h4-10H,1-3H3,(H,18,19,20,21);2-3H,1H3;7H2,1H3,(H2,8,9,10). The number of aromatic nitrogens is 10. The summed E-state index contributed by atoms with van der Waals surface area (Å²) in [6.07, 6.45) is 6.41. The Morgan fingerprint density at radius 3 is 1.82 bits per heavy atom. The van der Waals surface area contributed by atoms with Gasteiger partial charge >= 0.3 is 0 Å². The molecule has 0 fully saturated rings. The van der Waals surface area contributed by atoms with Crippen LogP contribution in [0.15, 0.2) is 49.1 Å². The molecular weight excluding hydrogens is 605 g/mol. The molecule has 5 heterocycles. The number of rotatable bonds is 4. The zero-order valence-corrected chi connectivity index (χ0v) is 26.0. The minimum atomic E-state index is 0.0745. The fraction of sp³-hybridized carbons (Fsp3) is 0.214. The van der Waals surface area contributed by atoms with Crippen LogP contribution in [0, 0.1) is 20.8 Å². The van der Waals surface area contributed by atoms with E-state index in [2.05, 4.69) is 62.1 Å². The van der Waals surface area contributed by atoms with Crippen molar-refractivity contribution in [2.75, 3.05) is 23.9 Å². The second kappa shape index (κ2) is 14.4. The van der Waals surface area contributed by atoms with E-state index in [9.17, 15) is 0 Å². The summed E-state index contributed by atoms with van der Waals surface area (Å²) in [5.74, 6) is 3.56. The third-order valence-corrected chi connectivity index (χ3v) is 6.41. The van der Waals surface area contributed by atoms with Crippen LogP contribution >= 0.6 is 23.2 Å². The van der Waals surface area contributed by atoms with Crippen molar-refractivity contribution in [3.8, 4) is 5.75 Å². The molecule has 44 heavy (non-hydrogen) atoms. The van der Waals surface area contributed by atoms with Gasteiger partial charge in [-0.05, 0) is 45.4 Å². The number of nitrogen functional groups attached to an aromatic ring is 2. The van der Waals surface area contributed by atoms with Crippen LogP contribution in [0.5, 0.6) is 5.75 Å². The third kappa shape index (κ3) is 8.05. The van der Waals surface area contributed by atoms with Crippen molar-refractivity contribution < 1.29 is 4.74 Å². The van der Waals surface area contributed by atoms with Gasteiger partial charge in [-0.1, -0.05) is 35.3 Å². The van der Waals surface area contributed by atoms with Crippen molar-refractivity contribution >= 4 is 62.9 Å². The van der Waals surface area contributed by atoms with E-state index in [1.165, 1.54) is 0 Å². The molecule has 0 radical (unpaired) electrons. The molecule has 14 nitrogen and oxygen atoms in total. The number of benzene rings is 1. The van der Waals surface area contributed by atoms with E-state index in [4.69, 9.17) is 39.4 Å². The second-order valence-electron chi connectivity index (χ2n) is 9.14. The minimum absolute atomic E-state index is 0.0745. The molecule has 0 bridgehead atoms. The summed E-state index contributed by atoms with van der Waals surface area (Å²) in [7, 11) is 1.66. The van der Waals surface area contributed by atoms with Crippen molar-refractivity contribution in [1.29, 1.82) is 0 Å². The van der Waals surface area contributed by atoms with E-state index in [0.29, 0.717) is 50.8 Å². The quantitative estimate of drug-likeness (QED) is 0.221. The number of aryl methyl sites for hydroxylation is 3. The summed E-state index contributed by atoms with van der Waals surface area (Å²) in [6.45, 7) is 7.38. The monoisotopic (exact) mass is 633 g/mol. The van der Waals surface area contributed by atoms with E-state index < -0.39 is 0 Å². The summed E-state index contributed by atoms with van der Waals surface area (Å²) in [5.41, 5.74) is 14.5. The molecule has 226 valence electrons. The Bertz CT molecular complexity index is 1870. The van der Waals surface area contributed by atoms with Gasteiger partial charge < -0.3 is 21.5 Å². The molecule has 16 heteroatoms. The van der Waals surface area contributed by atoms with Gasteiger partial charge in [0, 0.05) is 24.8 Å². The largest absolute Gasteiger partial charge is 0.497 e. The summed E-state index contributed by atoms with van der Waals surface area (Å²) in [6, 6.07) is 8.01. The smallest absolute Gasteiger partial charge is 0.183 e. The van der Waals surface area contributed by atoms with Crippen molar-refractivity contribution in [3.05, 3.63) is 82.4 Å². The van der Waals surface area contributed by atoms with Crippen LogP contribution in [-0.2, 0) is 0 Å². The van der Waals surface area contributed by atoms with Crippen LogP contribution in [-0.4, -0.2) is 56.9 Å². The van der Waals surface area contributed by atoms with Crippen LogP contribution in [0.1, 0.15) is 36.0 Å². The summed E-state index contributed by atoms with van der Waals surface area (Å²) >= 11 is 11.4. The molecular formula is C28H29Cl2N13O. The number of hydrogen-bond acceptors (Lipinski definition) is 14. The maximum absolute atomic E-state index is 5.81. The van der Waals surface area contributed by atoms with Gasteiger partial charge in [-0.15, -0.1) is 0 Å². The van der Waals surface area contributed by atoms with Gasteiger partial charge in [0.2, 0.25) is 0 Å². The lowest BCUT2D eigenvalue weighted by Crippen LogP contribution is -2.10. The number of anilines is 3. The number of nitrogens with one attached hydrogen (secondary N) is 1. The van der Waals surface area contributed by atoms with E-state index in [0.717, 1.165) is 11.3 Å². The molecule has 1 aromatic carbocycles. The Kier molecular flexibility index (Phi) is 10.4. The number of hydrogen-bond donors (Lipinski definition) is 3. The normalized spacial score (nSPS) is 11.2. The van der Waals surface area contributed by atoms with Gasteiger partial charge in [0.1, 0.15) is 39.9 Å². The summed E-state index contributed by atoms with van der Waals surface area (Å²) in [5, 5.41) is 3.95. The average Bonchev–Trinajstić information content (AvgIpc) is 3.00. The van der Waals surface area contributed by atoms with Crippen LogP contribution in [0.25, 0.3) is 22.3 Å². The van der Waals surface area contributed by atoms with Crippen LogP contribution < -0.4 is 21.5 Å². The first-order chi connectivity index (χ1) is 21.0. The third-order valence-electron chi connectivity index (χ3n) is 5.86. The minimum Gasteiger partial charge on any atom is -0.497 e. The van der Waals surface area contributed by atoms with E-state index in [-0.39, 0.29) is 22.7 Å². The highest BCUT2D eigenvalue weighted by molar-refractivity contribution is 6.33. The molecule has 0 spiro atoms. The van der Waals surface area contributed by atoms with Crippen LogP contribution in [0.4, 0.5) is 17.3 Å². The molecule has 0 amide bonds. The van der Waals surface area contributed by atoms with Crippen LogP contribution in [0.2, 0.25) is 10.3 Å². The highest BCUT2D eigenvalue weighted by Crippen LogP contribution is 2.24. The van der Waals surface area contributed by atoms with E-state index >= 15 is 0 Å². The van der Waals surface area contributed by atoms with Gasteiger partial charge in [0.05, 0.1) is 13.2 Å². The Morgan fingerprint density at radius 1 is 0.682 bits per heavy atom. The van der Waals surface area contributed by atoms with Gasteiger partial charge in [-0.25, -0.2) is 49.8 Å². The first-order valence-corrected chi connectivity index (χ1v) is 13.8. The lowest BCUT2D eigenvalue weighted by atomic mass is 10.1. The van der Waals surface area contributed by atoms with Crippen molar-refractivity contribution in [2.45, 2.75) is 33.7 Å². The zero-order valence-electron chi connectivity index (χ0n) is 24.5. The summed E-state index contributed by atoms with van der Waals surface area (Å²) < 4.78 is 5.18. The SMILES string of the molecule is COc1ccc(C(C)Nc2nc(C)nc3nccnc23)cc1.Cc1nc(Cl)c2nccnc2n1.Cc1nc(N)c(N)c(Cl)n1. The van der Waals surface area contributed by atoms with Gasteiger partial charge in [0.15, 0.2) is 33.2 Å². The van der Waals surface area contributed by atoms with Crippen molar-refractivity contribution in [2.24, 2.45) is 0 Å². The highest BCUT2D eigenvalue weighted by atomic mass is 35.5. The van der Waals surface area contributed by atoms with Gasteiger partial charge in [-0.2, -0.15) is 0 Å². The first kappa shape index (κ1) is 31.8. The number of halogens is 2. The van der Waals surface area contributed by atoms with E-state index in [1.807, 2.05) is 31.2 Å². The lowest BCUT2D eigenvalue weighted by molar-refractivity contribution is 0.414. The van der Waals surface area contributed by atoms with E-state index in [1.54, 1.807) is 45.7 Å². The fourth-order valence-corrected chi connectivity index (χ4v) is 4.23. The van der Waals surface area contributed by atoms with Gasteiger partial charge in [-0.3, -0.25) is 0 Å². The predicted octanol–water partition coefficient (Wildman–Crippen LogP) is 4.89. The highest BCUT2D eigenvalue weighted by Gasteiger charge is 2.12. The molecule has 0 saturated carbocycles. The lowest BCUT2D eigenvalue weighted by Gasteiger charge is -2.16. The van der Waals surface area contributed by atoms with Crippen LogP contribution in [0.3, 0.4) is 0 Å². The average molecular weight is 635 g/mol. The molecule has 6 aromatic rings. The topological polar surface area (TPSA) is 202 Å². The fourth-order valence-electron chi connectivity index (χ4n) is 3.75. The Labute approximate surface area is 262 Å². The maximum atomic E-state index is 5.81. The van der Waals surface area contributed by atoms with Crippen molar-refractivity contribution in [3.63, 3.8) is 0 Å². The Balaban J connectivity index is 0.000000168. The molecule has 6 rings (SSSR count).